The van der Waals surface area contributed by atoms with Crippen LogP contribution in [-0.2, 0) is 4.79 Å². The SMILES string of the molecule is O=C(O)c1cn(-c2nccs2)c2nc(N3CC(C(=O)NC(F)C(F)F)C3)c(F)cc2c1=O. The molecule has 4 heterocycles. The fraction of sp³-hybridized carbons (Fsp3) is 0.278. The number of hydrogen-bond acceptors (Lipinski definition) is 7. The van der Waals surface area contributed by atoms with Crippen LogP contribution in [0.1, 0.15) is 10.4 Å². The molecule has 0 radical (unpaired) electrons. The maximum absolute atomic E-state index is 14.7. The topological polar surface area (TPSA) is 117 Å². The molecule has 1 unspecified atom stereocenters. The molecule has 0 aliphatic carbocycles. The highest BCUT2D eigenvalue weighted by molar-refractivity contribution is 7.12. The summed E-state index contributed by atoms with van der Waals surface area (Å²) < 4.78 is 53.5. The number of rotatable bonds is 6. The molecule has 14 heteroatoms. The summed E-state index contributed by atoms with van der Waals surface area (Å²) in [7, 11) is 0. The van der Waals surface area contributed by atoms with E-state index in [1.54, 1.807) is 10.7 Å². The van der Waals surface area contributed by atoms with E-state index in [0.29, 0.717) is 0 Å². The van der Waals surface area contributed by atoms with Crippen molar-refractivity contribution in [2.24, 2.45) is 5.92 Å². The number of carboxylic acids is 1. The highest BCUT2D eigenvalue weighted by Crippen LogP contribution is 2.29. The summed E-state index contributed by atoms with van der Waals surface area (Å²) >= 11 is 1.13. The van der Waals surface area contributed by atoms with E-state index in [2.05, 4.69) is 9.97 Å². The lowest BCUT2D eigenvalue weighted by Crippen LogP contribution is -2.56. The summed E-state index contributed by atoms with van der Waals surface area (Å²) in [6.07, 6.45) is -3.68. The van der Waals surface area contributed by atoms with Gasteiger partial charge in [-0.05, 0) is 6.07 Å². The van der Waals surface area contributed by atoms with Gasteiger partial charge in [-0.25, -0.2) is 32.3 Å². The Labute approximate surface area is 179 Å². The molecule has 1 fully saturated rings. The zero-order chi connectivity index (χ0) is 23.2. The lowest BCUT2D eigenvalue weighted by Gasteiger charge is -2.39. The lowest BCUT2D eigenvalue weighted by atomic mass is 9.99. The number of aromatic nitrogens is 3. The first-order valence-corrected chi connectivity index (χ1v) is 9.92. The number of nitrogens with one attached hydrogen (secondary N) is 1. The average molecular weight is 471 g/mol. The maximum Gasteiger partial charge on any atom is 0.341 e. The van der Waals surface area contributed by atoms with Crippen LogP contribution in [0, 0.1) is 11.7 Å². The number of alkyl halides is 3. The largest absolute Gasteiger partial charge is 0.477 e. The van der Waals surface area contributed by atoms with Crippen molar-refractivity contribution in [2.45, 2.75) is 12.7 Å². The van der Waals surface area contributed by atoms with Crippen molar-refractivity contribution < 1.29 is 32.3 Å². The van der Waals surface area contributed by atoms with Gasteiger partial charge in [0.2, 0.25) is 17.6 Å². The van der Waals surface area contributed by atoms with E-state index >= 15 is 0 Å². The van der Waals surface area contributed by atoms with Crippen LogP contribution >= 0.6 is 11.3 Å². The van der Waals surface area contributed by atoms with E-state index in [0.717, 1.165) is 23.6 Å². The van der Waals surface area contributed by atoms with Gasteiger partial charge in [-0.15, -0.1) is 11.3 Å². The third-order valence-electron chi connectivity index (χ3n) is 4.82. The third-order valence-corrected chi connectivity index (χ3v) is 5.59. The first-order chi connectivity index (χ1) is 15.2. The van der Waals surface area contributed by atoms with Crippen LogP contribution in [0.3, 0.4) is 0 Å². The van der Waals surface area contributed by atoms with Gasteiger partial charge in [0, 0.05) is 30.9 Å². The first kappa shape index (κ1) is 21.7. The van der Waals surface area contributed by atoms with Crippen LogP contribution < -0.4 is 15.6 Å². The van der Waals surface area contributed by atoms with Crippen LogP contribution in [0.5, 0.6) is 0 Å². The van der Waals surface area contributed by atoms with Crippen LogP contribution in [0.15, 0.2) is 28.6 Å². The predicted octanol–water partition coefficient (Wildman–Crippen LogP) is 1.79. The second-order valence-electron chi connectivity index (χ2n) is 6.87. The Morgan fingerprint density at radius 2 is 2.00 bits per heavy atom. The summed E-state index contributed by atoms with van der Waals surface area (Å²) in [5.41, 5.74) is -1.58. The fourth-order valence-electron chi connectivity index (χ4n) is 3.20. The molecule has 2 N–H and O–H groups in total. The van der Waals surface area contributed by atoms with Crippen LogP contribution in [-0.4, -0.2) is 57.3 Å². The summed E-state index contributed by atoms with van der Waals surface area (Å²) in [4.78, 5) is 45.4. The normalized spacial score (nSPS) is 15.1. The molecule has 0 saturated carbocycles. The number of anilines is 1. The van der Waals surface area contributed by atoms with Gasteiger partial charge in [0.05, 0.1) is 11.3 Å². The zero-order valence-corrected chi connectivity index (χ0v) is 16.7. The van der Waals surface area contributed by atoms with Gasteiger partial charge < -0.3 is 15.3 Å². The maximum atomic E-state index is 14.7. The van der Waals surface area contributed by atoms with Crippen molar-refractivity contribution in [1.29, 1.82) is 0 Å². The Morgan fingerprint density at radius 1 is 1.28 bits per heavy atom. The number of amides is 1. The first-order valence-electron chi connectivity index (χ1n) is 9.04. The Morgan fingerprint density at radius 3 is 2.59 bits per heavy atom. The second-order valence-corrected chi connectivity index (χ2v) is 7.75. The number of carboxylic acid groups (broad SMARTS) is 1. The quantitative estimate of drug-likeness (QED) is 0.416. The molecular formula is C18H13F4N5O4S. The summed E-state index contributed by atoms with van der Waals surface area (Å²) in [6.45, 7) is -0.238. The molecular weight excluding hydrogens is 458 g/mol. The van der Waals surface area contributed by atoms with E-state index < -0.39 is 47.3 Å². The minimum absolute atomic E-state index is 0.0548. The van der Waals surface area contributed by atoms with Crippen LogP contribution in [0.2, 0.25) is 0 Å². The highest BCUT2D eigenvalue weighted by Gasteiger charge is 2.37. The molecule has 32 heavy (non-hydrogen) atoms. The Hall–Kier alpha value is -3.55. The van der Waals surface area contributed by atoms with E-state index in [1.165, 1.54) is 15.7 Å². The third kappa shape index (κ3) is 3.77. The van der Waals surface area contributed by atoms with Crippen LogP contribution in [0.4, 0.5) is 23.4 Å². The van der Waals surface area contributed by atoms with Gasteiger partial charge >= 0.3 is 5.97 Å². The minimum Gasteiger partial charge on any atom is -0.477 e. The fourth-order valence-corrected chi connectivity index (χ4v) is 3.82. The van der Waals surface area contributed by atoms with Gasteiger partial charge in [0.15, 0.2) is 22.4 Å². The van der Waals surface area contributed by atoms with Crippen LogP contribution in [0.25, 0.3) is 16.2 Å². The molecule has 9 nitrogen and oxygen atoms in total. The highest BCUT2D eigenvalue weighted by atomic mass is 32.1. The molecule has 3 aromatic heterocycles. The molecule has 0 bridgehead atoms. The standard InChI is InChI=1S/C18H13F4N5O4S/c19-10-3-8-11(28)9(17(30)31)6-27(18-23-1-2-32-18)14(8)25-15(10)26-4-7(5-26)16(29)24-13(22)12(20)21/h1-3,6-7,12-13H,4-5H2,(H,24,29)(H,30,31). The number of hydrogen-bond donors (Lipinski definition) is 2. The molecule has 0 aromatic carbocycles. The predicted molar refractivity (Wildman–Crippen MR) is 105 cm³/mol. The summed E-state index contributed by atoms with van der Waals surface area (Å²) in [5.74, 6) is -4.49. The van der Waals surface area contributed by atoms with E-state index in [4.69, 9.17) is 0 Å². The molecule has 4 rings (SSSR count). The van der Waals surface area contributed by atoms with Gasteiger partial charge in [0.25, 0.3) is 6.43 Å². The molecule has 1 amide bonds. The molecule has 1 aliphatic rings. The van der Waals surface area contributed by atoms with Gasteiger partial charge in [0.1, 0.15) is 5.56 Å². The van der Waals surface area contributed by atoms with Crippen molar-refractivity contribution in [1.82, 2.24) is 19.9 Å². The number of thiazole rings is 1. The number of pyridine rings is 2. The van der Waals surface area contributed by atoms with Gasteiger partial charge in [-0.1, -0.05) is 0 Å². The lowest BCUT2D eigenvalue weighted by molar-refractivity contribution is -0.129. The zero-order valence-electron chi connectivity index (χ0n) is 15.8. The smallest absolute Gasteiger partial charge is 0.341 e. The summed E-state index contributed by atoms with van der Waals surface area (Å²) in [5, 5.41) is 12.5. The van der Waals surface area contributed by atoms with Gasteiger partial charge in [-0.2, -0.15) is 0 Å². The Balaban J connectivity index is 1.69. The van der Waals surface area contributed by atoms with Crippen molar-refractivity contribution in [3.63, 3.8) is 0 Å². The van der Waals surface area contributed by atoms with E-state index in [1.807, 2.05) is 0 Å². The monoisotopic (exact) mass is 471 g/mol. The minimum atomic E-state index is -3.37. The molecule has 0 spiro atoms. The van der Waals surface area contributed by atoms with E-state index in [-0.39, 0.29) is 35.1 Å². The number of carbonyl (C=O) groups is 2. The summed E-state index contributed by atoms with van der Waals surface area (Å²) in [6, 6.07) is 0.846. The number of nitrogens with zero attached hydrogens (tertiary/aromatic N) is 4. The molecule has 3 aromatic rings. The molecule has 1 aliphatic heterocycles. The van der Waals surface area contributed by atoms with Gasteiger partial charge in [-0.3, -0.25) is 14.2 Å². The van der Waals surface area contributed by atoms with Crippen molar-refractivity contribution in [2.75, 3.05) is 18.0 Å². The van der Waals surface area contributed by atoms with Crippen molar-refractivity contribution >= 4 is 40.1 Å². The number of aromatic carboxylic acids is 1. The van der Waals surface area contributed by atoms with E-state index in [9.17, 15) is 37.1 Å². The Bertz CT molecular complexity index is 1260. The average Bonchev–Trinajstić information content (AvgIpc) is 3.22. The Kier molecular flexibility index (Phi) is 5.54. The number of halogens is 4. The van der Waals surface area contributed by atoms with Crippen molar-refractivity contribution in [3.05, 3.63) is 45.4 Å². The second kappa shape index (κ2) is 8.18. The molecule has 1 saturated heterocycles. The number of fused-ring (bicyclic) bond motifs is 1. The molecule has 168 valence electrons. The molecule has 1 atom stereocenters. The van der Waals surface area contributed by atoms with Crippen molar-refractivity contribution in [3.8, 4) is 5.13 Å². The number of carbonyl (C=O) groups excluding carboxylic acids is 1.